The average Bonchev–Trinajstić information content (AvgIpc) is 2.39. The van der Waals surface area contributed by atoms with Crippen molar-refractivity contribution in [3.8, 4) is 0 Å². The largest absolute Gasteiger partial charge is 0.392 e. The fraction of sp³-hybridized carbons (Fsp3) is 0.500. The van der Waals surface area contributed by atoms with E-state index >= 15 is 0 Å². The highest BCUT2D eigenvalue weighted by Gasteiger charge is 2.25. The molecule has 4 heteroatoms. The van der Waals surface area contributed by atoms with E-state index in [4.69, 9.17) is 0 Å². The predicted octanol–water partition coefficient (Wildman–Crippen LogP) is 6.23. The van der Waals surface area contributed by atoms with Crippen molar-refractivity contribution in [1.29, 1.82) is 0 Å². The second kappa shape index (κ2) is 6.79. The van der Waals surface area contributed by atoms with Gasteiger partial charge in [-0.3, -0.25) is 0 Å². The van der Waals surface area contributed by atoms with Gasteiger partial charge in [-0.2, -0.15) is 13.2 Å². The van der Waals surface area contributed by atoms with Gasteiger partial charge in [0.25, 0.3) is 0 Å². The van der Waals surface area contributed by atoms with Crippen LogP contribution in [0.25, 0.3) is 0 Å². The molecule has 0 radical (unpaired) electrons. The van der Waals surface area contributed by atoms with Crippen LogP contribution in [-0.2, 0) is 0 Å². The summed E-state index contributed by atoms with van der Waals surface area (Å²) in [6.07, 6.45) is 2.23. The van der Waals surface area contributed by atoms with Gasteiger partial charge in [-0.15, -0.1) is 0 Å². The Kier molecular flexibility index (Phi) is 5.30. The molecule has 20 heavy (non-hydrogen) atoms. The molecule has 1 aliphatic rings. The molecule has 0 unspecified atom stereocenters. The van der Waals surface area contributed by atoms with Gasteiger partial charge in [-0.05, 0) is 55.2 Å². The Morgan fingerprint density at radius 1 is 1.05 bits per heavy atom. The Bertz CT molecular complexity index is 440. The van der Waals surface area contributed by atoms with Crippen LogP contribution in [-0.4, -0.2) is 6.18 Å². The van der Waals surface area contributed by atoms with Crippen molar-refractivity contribution in [1.82, 2.24) is 0 Å². The zero-order valence-corrected chi connectivity index (χ0v) is 12.8. The third-order valence-corrected chi connectivity index (χ3v) is 4.40. The van der Waals surface area contributed by atoms with Gasteiger partial charge < -0.3 is 0 Å². The van der Waals surface area contributed by atoms with E-state index in [0.717, 1.165) is 30.2 Å². The first kappa shape index (κ1) is 15.6. The first-order valence-corrected chi connectivity index (χ1v) is 7.72. The molecule has 0 nitrogen and oxygen atoms in total. The van der Waals surface area contributed by atoms with Gasteiger partial charge in [-0.1, -0.05) is 40.2 Å². The lowest BCUT2D eigenvalue weighted by molar-refractivity contribution is -0.125. The monoisotopic (exact) mass is 346 g/mol. The minimum Gasteiger partial charge on any atom is -0.171 e. The van der Waals surface area contributed by atoms with E-state index in [1.54, 1.807) is 6.08 Å². The number of allylic oxidation sites excluding steroid dienone is 2. The van der Waals surface area contributed by atoms with Gasteiger partial charge in [0.2, 0.25) is 0 Å². The SMILES string of the molecule is FC(F)(F)C/C=C/C1CCC(c2ccc(Br)cc2)CC1. The number of hydrogen-bond donors (Lipinski definition) is 0. The average molecular weight is 347 g/mol. The second-order valence-corrected chi connectivity index (χ2v) is 6.33. The maximum Gasteiger partial charge on any atom is 0.392 e. The number of alkyl halides is 3. The van der Waals surface area contributed by atoms with Crippen molar-refractivity contribution in [3.05, 3.63) is 46.5 Å². The molecule has 0 saturated heterocycles. The van der Waals surface area contributed by atoms with Crippen LogP contribution in [0.15, 0.2) is 40.9 Å². The number of rotatable bonds is 3. The Morgan fingerprint density at radius 2 is 1.65 bits per heavy atom. The number of halogens is 4. The van der Waals surface area contributed by atoms with Crippen molar-refractivity contribution >= 4 is 15.9 Å². The van der Waals surface area contributed by atoms with Crippen LogP contribution < -0.4 is 0 Å². The summed E-state index contributed by atoms with van der Waals surface area (Å²) in [5.41, 5.74) is 1.34. The summed E-state index contributed by atoms with van der Waals surface area (Å²) in [4.78, 5) is 0. The highest BCUT2D eigenvalue weighted by Crippen LogP contribution is 2.36. The summed E-state index contributed by atoms with van der Waals surface area (Å²) in [6, 6.07) is 8.36. The Hall–Kier alpha value is -0.770. The van der Waals surface area contributed by atoms with Crippen molar-refractivity contribution in [3.63, 3.8) is 0 Å². The molecule has 110 valence electrons. The van der Waals surface area contributed by atoms with Crippen LogP contribution in [0.3, 0.4) is 0 Å². The lowest BCUT2D eigenvalue weighted by atomic mass is 9.78. The summed E-state index contributed by atoms with van der Waals surface area (Å²) in [6.45, 7) is 0. The summed E-state index contributed by atoms with van der Waals surface area (Å²) in [5.74, 6) is 0.861. The van der Waals surface area contributed by atoms with Crippen molar-refractivity contribution < 1.29 is 13.2 Å². The highest BCUT2D eigenvalue weighted by molar-refractivity contribution is 9.10. The van der Waals surface area contributed by atoms with Gasteiger partial charge in [-0.25, -0.2) is 0 Å². The van der Waals surface area contributed by atoms with E-state index < -0.39 is 12.6 Å². The maximum absolute atomic E-state index is 12.1. The van der Waals surface area contributed by atoms with Crippen LogP contribution in [0.2, 0.25) is 0 Å². The zero-order valence-electron chi connectivity index (χ0n) is 11.2. The van der Waals surface area contributed by atoms with Gasteiger partial charge in [0.1, 0.15) is 0 Å². The minimum atomic E-state index is -4.08. The topological polar surface area (TPSA) is 0 Å². The molecule has 0 amide bonds. The Labute approximate surface area is 126 Å². The van der Waals surface area contributed by atoms with Crippen LogP contribution >= 0.6 is 15.9 Å². The molecule has 1 aromatic carbocycles. The molecule has 0 atom stereocenters. The fourth-order valence-corrected chi connectivity index (χ4v) is 3.04. The second-order valence-electron chi connectivity index (χ2n) is 5.41. The smallest absolute Gasteiger partial charge is 0.171 e. The Morgan fingerprint density at radius 3 is 2.20 bits per heavy atom. The van der Waals surface area contributed by atoms with Gasteiger partial charge in [0.15, 0.2) is 0 Å². The van der Waals surface area contributed by atoms with E-state index in [9.17, 15) is 13.2 Å². The normalized spacial score (nSPS) is 24.2. The predicted molar refractivity (Wildman–Crippen MR) is 78.7 cm³/mol. The molecule has 0 aliphatic heterocycles. The summed E-state index contributed by atoms with van der Waals surface area (Å²) in [5, 5.41) is 0. The maximum atomic E-state index is 12.1. The molecular formula is C16H18BrF3. The van der Waals surface area contributed by atoms with Crippen molar-refractivity contribution in [2.24, 2.45) is 5.92 Å². The molecule has 0 bridgehead atoms. The van der Waals surface area contributed by atoms with Crippen molar-refractivity contribution in [2.75, 3.05) is 0 Å². The van der Waals surface area contributed by atoms with Gasteiger partial charge in [0, 0.05) is 4.47 Å². The molecule has 0 aromatic heterocycles. The summed E-state index contributed by atoms with van der Waals surface area (Å²) in [7, 11) is 0. The quantitative estimate of drug-likeness (QED) is 0.569. The first-order valence-electron chi connectivity index (χ1n) is 6.93. The molecule has 0 N–H and O–H groups in total. The van der Waals surface area contributed by atoms with Gasteiger partial charge in [0.05, 0.1) is 6.42 Å². The highest BCUT2D eigenvalue weighted by atomic mass is 79.9. The molecule has 0 spiro atoms. The number of hydrogen-bond acceptors (Lipinski definition) is 0. The first-order chi connectivity index (χ1) is 9.44. The molecule has 1 aromatic rings. The van der Waals surface area contributed by atoms with E-state index in [-0.39, 0.29) is 0 Å². The summed E-state index contributed by atoms with van der Waals surface area (Å²) < 4.78 is 37.3. The van der Waals surface area contributed by atoms with Gasteiger partial charge >= 0.3 is 6.18 Å². The fourth-order valence-electron chi connectivity index (χ4n) is 2.77. The molecule has 2 rings (SSSR count). The van der Waals surface area contributed by atoms with Crippen molar-refractivity contribution in [2.45, 2.75) is 44.2 Å². The number of benzene rings is 1. The standard InChI is InChI=1S/C16H18BrF3/c17-15-9-7-14(8-10-15)13-5-3-12(4-6-13)2-1-11-16(18,19)20/h1-2,7-10,12-13H,3-6,11H2/b2-1+. The van der Waals surface area contributed by atoms with E-state index in [2.05, 4.69) is 28.1 Å². The lowest BCUT2D eigenvalue weighted by Crippen LogP contribution is -2.12. The van der Waals surface area contributed by atoms with E-state index in [1.807, 2.05) is 12.1 Å². The van der Waals surface area contributed by atoms with E-state index in [0.29, 0.717) is 11.8 Å². The summed E-state index contributed by atoms with van der Waals surface area (Å²) >= 11 is 3.42. The van der Waals surface area contributed by atoms with Crippen LogP contribution in [0.4, 0.5) is 13.2 Å². The lowest BCUT2D eigenvalue weighted by Gasteiger charge is -2.27. The van der Waals surface area contributed by atoms with E-state index in [1.165, 1.54) is 11.6 Å². The molecular weight excluding hydrogens is 329 g/mol. The third kappa shape index (κ3) is 4.97. The van der Waals surface area contributed by atoms with Crippen LogP contribution in [0.5, 0.6) is 0 Å². The zero-order chi connectivity index (χ0) is 14.6. The molecule has 1 saturated carbocycles. The van der Waals surface area contributed by atoms with Crippen LogP contribution in [0.1, 0.15) is 43.6 Å². The molecule has 1 aliphatic carbocycles. The third-order valence-electron chi connectivity index (χ3n) is 3.87. The Balaban J connectivity index is 1.82. The van der Waals surface area contributed by atoms with Crippen LogP contribution in [0, 0.1) is 5.92 Å². The molecule has 1 fully saturated rings. The minimum absolute atomic E-state index is 0.309. The molecule has 0 heterocycles.